The summed E-state index contributed by atoms with van der Waals surface area (Å²) in [4.78, 5) is 0. The smallest absolute Gasteiger partial charge is 0.00204 e. The topological polar surface area (TPSA) is 0 Å². The van der Waals surface area contributed by atoms with Crippen molar-refractivity contribution in [3.05, 3.63) is 109 Å². The lowest BCUT2D eigenvalue weighted by Crippen LogP contribution is -1.85. The highest BCUT2D eigenvalue weighted by Crippen LogP contribution is 2.35. The summed E-state index contributed by atoms with van der Waals surface area (Å²) in [5, 5.41) is 10.1. The summed E-state index contributed by atoms with van der Waals surface area (Å²) in [5.74, 6) is 0. The maximum absolute atomic E-state index is 3.47. The van der Waals surface area contributed by atoms with Gasteiger partial charge >= 0.3 is 0 Å². The Labute approximate surface area is 163 Å². The zero-order valence-electron chi connectivity index (χ0n) is 15.3. The summed E-state index contributed by atoms with van der Waals surface area (Å²) < 4.78 is 0. The minimum Gasteiger partial charge on any atom is -0.0616 e. The van der Waals surface area contributed by atoms with Crippen molar-refractivity contribution in [2.75, 3.05) is 0 Å². The molecule has 0 aliphatic rings. The van der Waals surface area contributed by atoms with E-state index in [1.807, 2.05) is 0 Å². The van der Waals surface area contributed by atoms with Crippen molar-refractivity contribution in [1.82, 2.24) is 0 Å². The van der Waals surface area contributed by atoms with Crippen molar-refractivity contribution in [2.24, 2.45) is 0 Å². The van der Waals surface area contributed by atoms with E-state index in [4.69, 9.17) is 0 Å². The van der Waals surface area contributed by atoms with Gasteiger partial charge in [-0.15, -0.1) is 0 Å². The van der Waals surface area contributed by atoms with Crippen LogP contribution in [0.1, 0.15) is 0 Å². The first kappa shape index (κ1) is 15.4. The predicted octanol–water partition coefficient (Wildman–Crippen LogP) is 7.77. The van der Waals surface area contributed by atoms with Crippen LogP contribution in [0.5, 0.6) is 0 Å². The van der Waals surface area contributed by atoms with Crippen molar-refractivity contribution in [1.29, 1.82) is 0 Å². The highest BCUT2D eigenvalue weighted by molar-refractivity contribution is 6.13. The minimum atomic E-state index is 1.19. The van der Waals surface area contributed by atoms with E-state index in [9.17, 15) is 0 Å². The Hall–Kier alpha value is -3.64. The predicted molar refractivity (Wildman–Crippen MR) is 121 cm³/mol. The van der Waals surface area contributed by atoms with Crippen molar-refractivity contribution < 1.29 is 0 Å². The van der Waals surface area contributed by atoms with Crippen LogP contribution in [0.2, 0.25) is 0 Å². The average molecular weight is 353 g/mol. The first-order valence-electron chi connectivity index (χ1n) is 9.62. The highest BCUT2D eigenvalue weighted by Gasteiger charge is 2.08. The van der Waals surface area contributed by atoms with Crippen LogP contribution in [0.3, 0.4) is 0 Å². The van der Waals surface area contributed by atoms with E-state index < -0.39 is 0 Å². The Morgan fingerprint density at radius 1 is 0.464 bits per heavy atom. The average Bonchev–Trinajstić information content (AvgIpc) is 2.78. The molecule has 0 N–H and O–H groups in total. The second kappa shape index (κ2) is 5.94. The third kappa shape index (κ3) is 2.25. The largest absolute Gasteiger partial charge is 0.0616 e. The number of fused-ring (bicyclic) bond motifs is 6. The summed E-state index contributed by atoms with van der Waals surface area (Å²) in [6, 6.07) is 40.5. The van der Waals surface area contributed by atoms with E-state index in [2.05, 4.69) is 109 Å². The van der Waals surface area contributed by atoms with Gasteiger partial charge in [-0.1, -0.05) is 97.1 Å². The lowest BCUT2D eigenvalue weighted by molar-refractivity contribution is 1.69. The number of hydrogen-bond acceptors (Lipinski definition) is 0. The van der Waals surface area contributed by atoms with Gasteiger partial charge in [0.05, 0.1) is 0 Å². The quantitative estimate of drug-likeness (QED) is 0.265. The van der Waals surface area contributed by atoms with Gasteiger partial charge in [-0.05, 0) is 66.3 Å². The minimum absolute atomic E-state index is 1.19. The molecule has 0 heterocycles. The fraction of sp³-hybridized carbons (Fsp3) is 0. The van der Waals surface area contributed by atoms with Gasteiger partial charge in [0.25, 0.3) is 0 Å². The van der Waals surface area contributed by atoms with E-state index in [1.54, 1.807) is 0 Å². The Balaban J connectivity index is 1.68. The van der Waals surface area contributed by atoms with Gasteiger partial charge < -0.3 is 0 Å². The maximum atomic E-state index is 3.47. The summed E-state index contributed by atoms with van der Waals surface area (Å²) in [5.41, 5.74) is 2.51. The normalized spacial score (nSPS) is 11.6. The molecule has 0 fully saturated rings. The summed E-state index contributed by atoms with van der Waals surface area (Å²) in [7, 11) is 0. The zero-order chi connectivity index (χ0) is 18.5. The van der Waals surface area contributed by atoms with Gasteiger partial charge in [0, 0.05) is 0 Å². The molecule has 129 valence electrons. The molecule has 6 rings (SSSR count). The summed E-state index contributed by atoms with van der Waals surface area (Å²) >= 11 is 0. The monoisotopic (exact) mass is 353 g/mol. The second-order valence-corrected chi connectivity index (χ2v) is 7.32. The maximum Gasteiger partial charge on any atom is -0.00204 e. The van der Waals surface area contributed by atoms with Crippen LogP contribution in [-0.2, 0) is 0 Å². The molecule has 6 aromatic rings. The van der Waals surface area contributed by atoms with Crippen molar-refractivity contribution in [3.8, 4) is 11.1 Å². The van der Waals surface area contributed by atoms with Crippen LogP contribution >= 0.6 is 0 Å². The van der Waals surface area contributed by atoms with E-state index in [0.29, 0.717) is 0 Å². The molecule has 0 bridgehead atoms. The highest BCUT2D eigenvalue weighted by atomic mass is 14.1. The molecular weight excluding hydrogens is 336 g/mol. The molecule has 0 unspecified atom stereocenters. The van der Waals surface area contributed by atoms with E-state index in [1.165, 1.54) is 54.2 Å². The molecule has 0 aliphatic carbocycles. The van der Waals surface area contributed by atoms with Crippen LogP contribution in [0.4, 0.5) is 0 Å². The van der Waals surface area contributed by atoms with Gasteiger partial charge in [-0.2, -0.15) is 0 Å². The van der Waals surface area contributed by atoms with E-state index in [-0.39, 0.29) is 0 Å². The Morgan fingerprint density at radius 2 is 1.11 bits per heavy atom. The van der Waals surface area contributed by atoms with Gasteiger partial charge in [-0.25, -0.2) is 0 Å². The molecule has 0 spiro atoms. The number of hydrogen-bond donors (Lipinski definition) is 0. The van der Waals surface area contributed by atoms with E-state index >= 15 is 0 Å². The number of rotatable bonds is 1. The van der Waals surface area contributed by atoms with Gasteiger partial charge in [0.1, 0.15) is 0 Å². The first-order valence-corrected chi connectivity index (χ1v) is 9.62. The summed E-state index contributed by atoms with van der Waals surface area (Å²) in [6.07, 6.45) is 0. The van der Waals surface area contributed by atoms with Crippen LogP contribution in [0.25, 0.3) is 54.2 Å². The van der Waals surface area contributed by atoms with Crippen LogP contribution < -0.4 is 0 Å². The standard InChI is InChI=1S/C28H17/c1-3-8-23-20(7-1)16-17-27-25(10-5-11-26(23)27)22-15-14-21-13-12-19-6-2-4-9-24(19)28(21)18-22/h1-10,12-18H. The molecule has 0 saturated heterocycles. The molecule has 0 saturated carbocycles. The molecule has 6 aromatic carbocycles. The molecule has 1 radical (unpaired) electrons. The lowest BCUT2D eigenvalue weighted by atomic mass is 9.92. The summed E-state index contributed by atoms with van der Waals surface area (Å²) in [6.45, 7) is 0. The van der Waals surface area contributed by atoms with Crippen molar-refractivity contribution >= 4 is 43.1 Å². The molecule has 28 heavy (non-hydrogen) atoms. The Kier molecular flexibility index (Phi) is 3.27. The molecule has 0 atom stereocenters. The fourth-order valence-corrected chi connectivity index (χ4v) is 4.37. The Morgan fingerprint density at radius 3 is 1.96 bits per heavy atom. The Bertz CT molecular complexity index is 1510. The lowest BCUT2D eigenvalue weighted by Gasteiger charge is -2.11. The van der Waals surface area contributed by atoms with E-state index in [0.717, 1.165) is 0 Å². The molecule has 0 amide bonds. The molecule has 0 aliphatic heterocycles. The van der Waals surface area contributed by atoms with Gasteiger partial charge in [0.15, 0.2) is 0 Å². The SMILES string of the molecule is [c]1ccc(-c2ccc3ccc4ccccc4c3c2)c2ccc3ccccc3c12. The fourth-order valence-electron chi connectivity index (χ4n) is 4.37. The van der Waals surface area contributed by atoms with Gasteiger partial charge in [-0.3, -0.25) is 0 Å². The van der Waals surface area contributed by atoms with Crippen molar-refractivity contribution in [3.63, 3.8) is 0 Å². The molecule has 0 aromatic heterocycles. The number of benzene rings is 6. The second-order valence-electron chi connectivity index (χ2n) is 7.32. The molecule has 0 heteroatoms. The molecular formula is C28H17. The third-order valence-corrected chi connectivity index (χ3v) is 5.75. The zero-order valence-corrected chi connectivity index (χ0v) is 15.3. The van der Waals surface area contributed by atoms with Crippen molar-refractivity contribution in [2.45, 2.75) is 0 Å². The van der Waals surface area contributed by atoms with Gasteiger partial charge in [0.2, 0.25) is 0 Å². The van der Waals surface area contributed by atoms with Crippen LogP contribution in [0, 0.1) is 6.07 Å². The first-order chi connectivity index (χ1) is 13.9. The van der Waals surface area contributed by atoms with Crippen LogP contribution in [0.15, 0.2) is 103 Å². The molecule has 0 nitrogen and oxygen atoms in total. The van der Waals surface area contributed by atoms with Crippen LogP contribution in [-0.4, -0.2) is 0 Å². The third-order valence-electron chi connectivity index (χ3n) is 5.75.